The van der Waals surface area contributed by atoms with Crippen molar-refractivity contribution in [3.05, 3.63) is 11.9 Å². The molecule has 0 aliphatic heterocycles. The molecular weight excluding hydrogens is 199 g/mol. The Morgan fingerprint density at radius 1 is 1.43 bits per heavy atom. The van der Waals surface area contributed by atoms with E-state index in [1.807, 2.05) is 0 Å². The SMILES string of the molecule is CC(C)n1nncc1C(O)C(F)(F)F. The summed E-state index contributed by atoms with van der Waals surface area (Å²) in [5.74, 6) is 0. The third-order valence-electron chi connectivity index (χ3n) is 1.68. The lowest BCUT2D eigenvalue weighted by atomic mass is 10.2. The molecule has 0 radical (unpaired) electrons. The zero-order valence-corrected chi connectivity index (χ0v) is 7.65. The fraction of sp³-hybridized carbons (Fsp3) is 0.714. The Labute approximate surface area is 78.3 Å². The Morgan fingerprint density at radius 3 is 2.43 bits per heavy atom. The molecule has 0 aromatic carbocycles. The van der Waals surface area contributed by atoms with Crippen LogP contribution in [-0.2, 0) is 0 Å². The average molecular weight is 209 g/mol. The van der Waals surface area contributed by atoms with Gasteiger partial charge in [-0.1, -0.05) is 5.21 Å². The van der Waals surface area contributed by atoms with Gasteiger partial charge in [-0.3, -0.25) is 0 Å². The van der Waals surface area contributed by atoms with Crippen molar-refractivity contribution in [2.45, 2.75) is 32.2 Å². The number of halogens is 3. The minimum Gasteiger partial charge on any atom is -0.378 e. The molecule has 0 amide bonds. The second kappa shape index (κ2) is 3.56. The molecule has 0 aliphatic carbocycles. The van der Waals surface area contributed by atoms with Crippen LogP contribution < -0.4 is 0 Å². The molecular formula is C7H10F3N3O. The highest BCUT2D eigenvalue weighted by Gasteiger charge is 2.41. The van der Waals surface area contributed by atoms with E-state index in [0.29, 0.717) is 0 Å². The maximum Gasteiger partial charge on any atom is 0.420 e. The van der Waals surface area contributed by atoms with E-state index in [-0.39, 0.29) is 11.7 Å². The molecule has 0 saturated carbocycles. The van der Waals surface area contributed by atoms with Crippen molar-refractivity contribution in [3.8, 4) is 0 Å². The highest BCUT2D eigenvalue weighted by atomic mass is 19.4. The van der Waals surface area contributed by atoms with Crippen LogP contribution in [-0.4, -0.2) is 26.3 Å². The van der Waals surface area contributed by atoms with Gasteiger partial charge in [0.05, 0.1) is 11.9 Å². The van der Waals surface area contributed by atoms with E-state index in [0.717, 1.165) is 10.9 Å². The van der Waals surface area contributed by atoms with Crippen molar-refractivity contribution in [2.24, 2.45) is 0 Å². The van der Waals surface area contributed by atoms with Gasteiger partial charge in [-0.25, -0.2) is 4.68 Å². The number of aliphatic hydroxyl groups is 1. The van der Waals surface area contributed by atoms with Crippen LogP contribution in [0, 0.1) is 0 Å². The van der Waals surface area contributed by atoms with Crippen LogP contribution in [0.5, 0.6) is 0 Å². The monoisotopic (exact) mass is 209 g/mol. The summed E-state index contributed by atoms with van der Waals surface area (Å²) in [5, 5.41) is 15.7. The molecule has 0 spiro atoms. The molecule has 4 nitrogen and oxygen atoms in total. The lowest BCUT2D eigenvalue weighted by Crippen LogP contribution is -2.24. The van der Waals surface area contributed by atoms with Crippen LogP contribution >= 0.6 is 0 Å². The highest BCUT2D eigenvalue weighted by Crippen LogP contribution is 2.32. The average Bonchev–Trinajstić information content (AvgIpc) is 2.48. The first-order chi connectivity index (χ1) is 6.34. The van der Waals surface area contributed by atoms with Gasteiger partial charge in [-0.05, 0) is 13.8 Å². The van der Waals surface area contributed by atoms with Crippen molar-refractivity contribution in [2.75, 3.05) is 0 Å². The second-order valence-corrected chi connectivity index (χ2v) is 3.14. The topological polar surface area (TPSA) is 50.9 Å². The molecule has 1 aromatic rings. The molecule has 1 unspecified atom stereocenters. The van der Waals surface area contributed by atoms with Crippen LogP contribution in [0.1, 0.15) is 31.7 Å². The number of rotatable bonds is 2. The Hall–Kier alpha value is -1.11. The van der Waals surface area contributed by atoms with E-state index < -0.39 is 12.3 Å². The van der Waals surface area contributed by atoms with Crippen molar-refractivity contribution >= 4 is 0 Å². The number of hydrogen-bond donors (Lipinski definition) is 1. The Balaban J connectivity index is 3.01. The normalized spacial score (nSPS) is 14.8. The second-order valence-electron chi connectivity index (χ2n) is 3.14. The Morgan fingerprint density at radius 2 is 2.00 bits per heavy atom. The lowest BCUT2D eigenvalue weighted by Gasteiger charge is -2.16. The summed E-state index contributed by atoms with van der Waals surface area (Å²) in [4.78, 5) is 0. The molecule has 0 aliphatic rings. The summed E-state index contributed by atoms with van der Waals surface area (Å²) in [7, 11) is 0. The smallest absolute Gasteiger partial charge is 0.378 e. The summed E-state index contributed by atoms with van der Waals surface area (Å²) in [6.07, 6.45) is -6.30. The largest absolute Gasteiger partial charge is 0.420 e. The fourth-order valence-electron chi connectivity index (χ4n) is 1.02. The lowest BCUT2D eigenvalue weighted by molar-refractivity contribution is -0.209. The first-order valence-corrected chi connectivity index (χ1v) is 3.99. The summed E-state index contributed by atoms with van der Waals surface area (Å²) >= 11 is 0. The van der Waals surface area contributed by atoms with Crippen LogP contribution in [0.2, 0.25) is 0 Å². The molecule has 0 bridgehead atoms. The van der Waals surface area contributed by atoms with Crippen molar-refractivity contribution in [1.29, 1.82) is 0 Å². The third-order valence-corrected chi connectivity index (χ3v) is 1.68. The molecule has 14 heavy (non-hydrogen) atoms. The van der Waals surface area contributed by atoms with Gasteiger partial charge in [0.1, 0.15) is 0 Å². The Bertz CT molecular complexity index is 307. The van der Waals surface area contributed by atoms with Crippen LogP contribution in [0.4, 0.5) is 13.2 Å². The van der Waals surface area contributed by atoms with Crippen molar-refractivity contribution < 1.29 is 18.3 Å². The van der Waals surface area contributed by atoms with E-state index in [1.165, 1.54) is 0 Å². The van der Waals surface area contributed by atoms with Gasteiger partial charge >= 0.3 is 6.18 Å². The summed E-state index contributed by atoms with van der Waals surface area (Å²) < 4.78 is 37.5. The van der Waals surface area contributed by atoms with Gasteiger partial charge in [0.2, 0.25) is 0 Å². The molecule has 0 saturated heterocycles. The number of hydrogen-bond acceptors (Lipinski definition) is 3. The van der Waals surface area contributed by atoms with Crippen LogP contribution in [0.15, 0.2) is 6.20 Å². The molecule has 7 heteroatoms. The maximum atomic E-state index is 12.1. The van der Waals surface area contributed by atoms with Gasteiger partial charge in [0.25, 0.3) is 0 Å². The zero-order chi connectivity index (χ0) is 10.9. The molecule has 80 valence electrons. The van der Waals surface area contributed by atoms with Crippen LogP contribution in [0.25, 0.3) is 0 Å². The van der Waals surface area contributed by atoms with Crippen molar-refractivity contribution in [1.82, 2.24) is 15.0 Å². The number of alkyl halides is 3. The number of aliphatic hydroxyl groups excluding tert-OH is 1. The Kier molecular flexibility index (Phi) is 2.79. The van der Waals surface area contributed by atoms with Crippen molar-refractivity contribution in [3.63, 3.8) is 0 Å². The summed E-state index contributed by atoms with van der Waals surface area (Å²) in [6, 6.07) is -0.274. The molecule has 1 heterocycles. The molecule has 1 aromatic heterocycles. The van der Waals surface area contributed by atoms with Gasteiger partial charge in [-0.2, -0.15) is 13.2 Å². The van der Waals surface area contributed by atoms with Crippen LogP contribution in [0.3, 0.4) is 0 Å². The van der Waals surface area contributed by atoms with E-state index in [1.54, 1.807) is 13.8 Å². The minimum absolute atomic E-state index is 0.274. The fourth-order valence-corrected chi connectivity index (χ4v) is 1.02. The van der Waals surface area contributed by atoms with Gasteiger partial charge in [0.15, 0.2) is 6.10 Å². The first-order valence-electron chi connectivity index (χ1n) is 3.99. The minimum atomic E-state index is -4.69. The summed E-state index contributed by atoms with van der Waals surface area (Å²) in [6.45, 7) is 3.31. The van der Waals surface area contributed by atoms with E-state index in [4.69, 9.17) is 5.11 Å². The number of aromatic nitrogens is 3. The first kappa shape index (κ1) is 11.0. The zero-order valence-electron chi connectivity index (χ0n) is 7.65. The summed E-state index contributed by atoms with van der Waals surface area (Å²) in [5.41, 5.74) is -0.340. The molecule has 1 N–H and O–H groups in total. The van der Waals surface area contributed by atoms with E-state index in [2.05, 4.69) is 10.3 Å². The van der Waals surface area contributed by atoms with Gasteiger partial charge in [-0.15, -0.1) is 5.10 Å². The maximum absolute atomic E-state index is 12.1. The predicted molar refractivity (Wildman–Crippen MR) is 41.4 cm³/mol. The third kappa shape index (κ3) is 2.03. The van der Waals surface area contributed by atoms with Gasteiger partial charge < -0.3 is 5.11 Å². The molecule has 0 fully saturated rings. The molecule has 1 rings (SSSR count). The molecule has 1 atom stereocenters. The standard InChI is InChI=1S/C7H10F3N3O/c1-4(2)13-5(3-11-12-13)6(14)7(8,9)10/h3-4,6,14H,1-2H3. The number of nitrogens with zero attached hydrogens (tertiary/aromatic N) is 3. The van der Waals surface area contributed by atoms with Gasteiger partial charge in [0, 0.05) is 6.04 Å². The highest BCUT2D eigenvalue weighted by molar-refractivity contribution is 5.02. The van der Waals surface area contributed by atoms with E-state index in [9.17, 15) is 13.2 Å². The quantitative estimate of drug-likeness (QED) is 0.802. The van der Waals surface area contributed by atoms with E-state index >= 15 is 0 Å². The predicted octanol–water partition coefficient (Wildman–Crippen LogP) is 1.45.